The van der Waals surface area contributed by atoms with Crippen LogP contribution >= 0.6 is 11.8 Å². The lowest BCUT2D eigenvalue weighted by atomic mass is 9.81. The molecule has 0 aromatic carbocycles. The van der Waals surface area contributed by atoms with Gasteiger partial charge in [0.2, 0.25) is 5.91 Å². The molecular formula is C8H16N2O2S. The first kappa shape index (κ1) is 12.3. The number of nitrogens with zero attached hydrogens (tertiary/aromatic N) is 1. The molecule has 0 aliphatic rings. The summed E-state index contributed by atoms with van der Waals surface area (Å²) in [5.41, 5.74) is 4.91. The first-order valence-electron chi connectivity index (χ1n) is 3.89. The van der Waals surface area contributed by atoms with Crippen molar-refractivity contribution in [1.29, 1.82) is 0 Å². The van der Waals surface area contributed by atoms with E-state index in [0.29, 0.717) is 5.04 Å². The zero-order valence-corrected chi connectivity index (χ0v) is 9.18. The molecule has 13 heavy (non-hydrogen) atoms. The summed E-state index contributed by atoms with van der Waals surface area (Å²) >= 11 is 1.23. The average Bonchev–Trinajstić information content (AvgIpc) is 1.96. The second-order valence-corrected chi connectivity index (χ2v) is 4.67. The third-order valence-electron chi connectivity index (χ3n) is 1.71. The van der Waals surface area contributed by atoms with Crippen molar-refractivity contribution in [3.05, 3.63) is 0 Å². The van der Waals surface area contributed by atoms with Crippen LogP contribution in [0.15, 0.2) is 5.16 Å². The normalized spacial score (nSPS) is 15.5. The van der Waals surface area contributed by atoms with E-state index in [1.54, 1.807) is 6.26 Å². The molecule has 4 nitrogen and oxygen atoms in total. The molecule has 0 radical (unpaired) electrons. The van der Waals surface area contributed by atoms with Crippen LogP contribution in [0.4, 0.5) is 0 Å². The molecule has 0 aromatic rings. The second kappa shape index (κ2) is 4.50. The Kier molecular flexibility index (Phi) is 4.26. The first-order chi connectivity index (χ1) is 5.84. The minimum absolute atomic E-state index is 0.323. The van der Waals surface area contributed by atoms with Crippen LogP contribution < -0.4 is 5.73 Å². The molecule has 0 fully saturated rings. The summed E-state index contributed by atoms with van der Waals surface area (Å²) in [7, 11) is 0. The predicted molar refractivity (Wildman–Crippen MR) is 54.9 cm³/mol. The molecule has 1 amide bonds. The Morgan fingerprint density at radius 1 is 1.54 bits per heavy atom. The van der Waals surface area contributed by atoms with Crippen LogP contribution in [-0.2, 0) is 4.79 Å². The van der Waals surface area contributed by atoms with E-state index in [0.717, 1.165) is 0 Å². The predicted octanol–water partition coefficient (Wildman–Crippen LogP) is 1.28. The molecule has 5 heteroatoms. The van der Waals surface area contributed by atoms with Gasteiger partial charge in [0.15, 0.2) is 0 Å². The minimum atomic E-state index is -0.535. The zero-order chi connectivity index (χ0) is 10.6. The third kappa shape index (κ3) is 3.26. The van der Waals surface area contributed by atoms with Crippen molar-refractivity contribution in [2.24, 2.45) is 22.2 Å². The molecule has 0 spiro atoms. The van der Waals surface area contributed by atoms with Crippen LogP contribution in [0, 0.1) is 11.3 Å². The van der Waals surface area contributed by atoms with E-state index in [9.17, 15) is 4.79 Å². The maximum atomic E-state index is 11.1. The fraction of sp³-hybridized carbons (Fsp3) is 0.750. The molecule has 76 valence electrons. The van der Waals surface area contributed by atoms with Crippen LogP contribution in [0.25, 0.3) is 0 Å². The van der Waals surface area contributed by atoms with Gasteiger partial charge in [-0.3, -0.25) is 4.79 Å². The molecule has 3 N–H and O–H groups in total. The van der Waals surface area contributed by atoms with Crippen molar-refractivity contribution in [1.82, 2.24) is 0 Å². The summed E-state index contributed by atoms with van der Waals surface area (Å²) in [6.07, 6.45) is 1.75. The smallest absolute Gasteiger partial charge is 0.227 e. The Labute approximate surface area is 82.6 Å². The number of hydrogen-bond acceptors (Lipinski definition) is 4. The number of nitrogens with two attached hydrogens (primary N) is 1. The van der Waals surface area contributed by atoms with Crippen LogP contribution in [0.5, 0.6) is 0 Å². The maximum Gasteiger partial charge on any atom is 0.227 e. The van der Waals surface area contributed by atoms with Gasteiger partial charge in [-0.2, -0.15) is 0 Å². The van der Waals surface area contributed by atoms with Gasteiger partial charge in [0.1, 0.15) is 5.04 Å². The molecule has 0 saturated carbocycles. The highest BCUT2D eigenvalue weighted by Gasteiger charge is 2.34. The molecule has 0 aliphatic carbocycles. The van der Waals surface area contributed by atoms with E-state index >= 15 is 0 Å². The number of rotatable bonds is 2. The molecule has 0 aromatic heterocycles. The minimum Gasteiger partial charge on any atom is -0.410 e. The van der Waals surface area contributed by atoms with Gasteiger partial charge in [0.05, 0.1) is 5.92 Å². The van der Waals surface area contributed by atoms with Crippen molar-refractivity contribution < 1.29 is 10.0 Å². The SMILES string of the molecule is CSC(=NO)C(C(N)=O)C(C)(C)C. The molecular weight excluding hydrogens is 188 g/mol. The van der Waals surface area contributed by atoms with Gasteiger partial charge in [-0.05, 0) is 11.7 Å². The monoisotopic (exact) mass is 204 g/mol. The summed E-state index contributed by atoms with van der Waals surface area (Å²) in [5.74, 6) is -0.998. The summed E-state index contributed by atoms with van der Waals surface area (Å²) in [4.78, 5) is 11.1. The number of oxime groups is 1. The number of carbonyl (C=O) groups is 1. The van der Waals surface area contributed by atoms with Crippen LogP contribution in [0.1, 0.15) is 20.8 Å². The highest BCUT2D eigenvalue weighted by Crippen LogP contribution is 2.30. The van der Waals surface area contributed by atoms with Gasteiger partial charge >= 0.3 is 0 Å². The Bertz CT molecular complexity index is 221. The summed E-state index contributed by atoms with van der Waals surface area (Å²) in [5, 5.41) is 12.1. The largest absolute Gasteiger partial charge is 0.410 e. The summed E-state index contributed by atoms with van der Waals surface area (Å²) in [6, 6.07) is 0. The first-order valence-corrected chi connectivity index (χ1v) is 5.12. The fourth-order valence-electron chi connectivity index (χ4n) is 1.14. The molecule has 1 atom stereocenters. The number of amides is 1. The van der Waals surface area contributed by atoms with Gasteiger partial charge in [0, 0.05) is 0 Å². The van der Waals surface area contributed by atoms with Gasteiger partial charge in [0.25, 0.3) is 0 Å². The van der Waals surface area contributed by atoms with E-state index in [2.05, 4.69) is 5.16 Å². The number of carbonyl (C=O) groups excluding carboxylic acids is 1. The van der Waals surface area contributed by atoms with E-state index in [1.165, 1.54) is 11.8 Å². The number of primary amides is 1. The van der Waals surface area contributed by atoms with Gasteiger partial charge < -0.3 is 10.9 Å². The van der Waals surface area contributed by atoms with E-state index in [4.69, 9.17) is 10.9 Å². The Morgan fingerprint density at radius 3 is 2.08 bits per heavy atom. The summed E-state index contributed by atoms with van der Waals surface area (Å²) in [6.45, 7) is 5.64. The number of hydrogen-bond donors (Lipinski definition) is 2. The third-order valence-corrected chi connectivity index (χ3v) is 2.44. The molecule has 0 bridgehead atoms. The molecule has 0 heterocycles. The van der Waals surface area contributed by atoms with Gasteiger partial charge in [-0.15, -0.1) is 11.8 Å². The molecule has 0 saturated heterocycles. The lowest BCUT2D eigenvalue weighted by molar-refractivity contribution is -0.122. The van der Waals surface area contributed by atoms with Crippen LogP contribution in [0.2, 0.25) is 0 Å². The Morgan fingerprint density at radius 2 is 2.00 bits per heavy atom. The summed E-state index contributed by atoms with van der Waals surface area (Å²) < 4.78 is 0. The van der Waals surface area contributed by atoms with Crippen molar-refractivity contribution in [3.63, 3.8) is 0 Å². The van der Waals surface area contributed by atoms with Crippen molar-refractivity contribution in [3.8, 4) is 0 Å². The standard InChI is InChI=1S/C8H16N2O2S/c1-8(2,3)5(6(9)11)7(10-12)13-4/h5,12H,1-4H3,(H2,9,11). The molecule has 1 unspecified atom stereocenters. The number of thioether (sulfide) groups is 1. The second-order valence-electron chi connectivity index (χ2n) is 3.84. The van der Waals surface area contributed by atoms with Crippen LogP contribution in [-0.4, -0.2) is 22.4 Å². The van der Waals surface area contributed by atoms with Crippen molar-refractivity contribution >= 4 is 22.7 Å². The van der Waals surface area contributed by atoms with E-state index in [1.807, 2.05) is 20.8 Å². The average molecular weight is 204 g/mol. The lowest BCUT2D eigenvalue weighted by Crippen LogP contribution is -2.38. The quantitative estimate of drug-likeness (QED) is 0.308. The van der Waals surface area contributed by atoms with E-state index in [-0.39, 0.29) is 5.41 Å². The zero-order valence-electron chi connectivity index (χ0n) is 8.37. The molecule has 0 aliphatic heterocycles. The maximum absolute atomic E-state index is 11.1. The highest BCUT2D eigenvalue weighted by atomic mass is 32.2. The van der Waals surface area contributed by atoms with Crippen molar-refractivity contribution in [2.45, 2.75) is 20.8 Å². The van der Waals surface area contributed by atoms with Gasteiger partial charge in [-0.1, -0.05) is 25.9 Å². The van der Waals surface area contributed by atoms with Gasteiger partial charge in [-0.25, -0.2) is 0 Å². The highest BCUT2D eigenvalue weighted by molar-refractivity contribution is 8.13. The topological polar surface area (TPSA) is 75.7 Å². The lowest BCUT2D eigenvalue weighted by Gasteiger charge is -2.27. The molecule has 0 rings (SSSR count). The Balaban J connectivity index is 4.93. The fourth-order valence-corrected chi connectivity index (χ4v) is 1.92. The Hall–Kier alpha value is -0.710. The van der Waals surface area contributed by atoms with E-state index < -0.39 is 11.8 Å². The van der Waals surface area contributed by atoms with Crippen molar-refractivity contribution in [2.75, 3.05) is 6.26 Å². The van der Waals surface area contributed by atoms with Crippen LogP contribution in [0.3, 0.4) is 0 Å².